The number of amides is 4. The molecule has 3 atom stereocenters. The molecule has 4 saturated heterocycles. The lowest BCUT2D eigenvalue weighted by atomic mass is 9.80. The average molecular weight is 1290 g/mol. The first-order chi connectivity index (χ1) is 35.7. The SMILES string of the molecule is COC(=O)C(CBr)CBr.COC(=O)C1COCCN(C(=O)OC(C)(C)C)C1.COC(=O)CCBr.COC(=O)CCC1(C(=O)OC)COCCN(C(=O)OC(C)(C)C)C1.NCCO.O=C1CCC2(CNCCOC2)C(=O)N1. The number of hydrogen-bond acceptors (Lipinski definition) is 22. The number of imide groups is 1. The third-order valence-electron chi connectivity index (χ3n) is 10.5. The quantitative estimate of drug-likeness (QED) is 0.1000. The van der Waals surface area contributed by atoms with Gasteiger partial charge in [0, 0.05) is 74.6 Å². The third-order valence-corrected chi connectivity index (χ3v) is 12.5. The van der Waals surface area contributed by atoms with E-state index in [1.807, 2.05) is 0 Å². The Hall–Kier alpha value is -3.77. The number of carbonyl (C=O) groups is 9. The Morgan fingerprint density at radius 2 is 1.30 bits per heavy atom. The number of piperidine rings is 1. The Bertz CT molecular complexity index is 1760. The van der Waals surface area contributed by atoms with E-state index in [1.54, 1.807) is 41.5 Å². The summed E-state index contributed by atoms with van der Waals surface area (Å²) in [7, 11) is 6.64. The Labute approximate surface area is 472 Å². The van der Waals surface area contributed by atoms with Crippen molar-refractivity contribution in [3.8, 4) is 0 Å². The molecule has 4 amide bonds. The van der Waals surface area contributed by atoms with E-state index in [4.69, 9.17) is 39.3 Å². The predicted octanol–water partition coefficient (Wildman–Crippen LogP) is 2.89. The molecule has 0 aromatic heterocycles. The lowest BCUT2D eigenvalue weighted by Gasteiger charge is -2.33. The van der Waals surface area contributed by atoms with Crippen molar-refractivity contribution in [2.75, 3.05) is 144 Å². The molecule has 4 fully saturated rings. The number of methoxy groups -OCH3 is 5. The smallest absolute Gasteiger partial charge is 0.410 e. The number of rotatable bonds is 11. The minimum absolute atomic E-state index is 0.0249. The standard InChI is InChI=1S/C16H27NO7.C12H21NO5.C9H14N2O3.C5H8Br2O2.C4H7BrO2.C2H7NO/c1-15(2,3)24-14(20)17-8-9-23-11-16(10-17,13(19)22-5)7-6-12(18)21-4;1-12(2,3)18-11(15)13-5-6-17-8-9(7-13)10(14)16-4;12-7-1-2-9(8(13)11-7)5-10-3-4-14-6-9;1-9-5(8)4(2-6)3-7;1-7-4(6)2-3-5;3-1-2-4/h6-11H2,1-5H3;9H,5-8H2,1-4H3;10H,1-6H2,(H,11,12,13);4H,2-3H2,1H3;2-3H2,1H3;4H,1-3H2. The van der Waals surface area contributed by atoms with E-state index in [1.165, 1.54) is 45.3 Å². The number of aliphatic hydroxyl groups excluding tert-OH is 1. The van der Waals surface area contributed by atoms with Crippen molar-refractivity contribution in [1.82, 2.24) is 20.4 Å². The van der Waals surface area contributed by atoms with Gasteiger partial charge in [0.2, 0.25) is 11.8 Å². The highest BCUT2D eigenvalue weighted by Crippen LogP contribution is 2.31. The molecule has 4 rings (SSSR count). The zero-order valence-corrected chi connectivity index (χ0v) is 50.8. The molecule has 442 valence electrons. The van der Waals surface area contributed by atoms with E-state index in [-0.39, 0.29) is 88.0 Å². The van der Waals surface area contributed by atoms with Crippen molar-refractivity contribution in [2.45, 2.75) is 84.8 Å². The molecule has 25 nitrogen and oxygen atoms in total. The Kier molecular flexibility index (Phi) is 39.5. The van der Waals surface area contributed by atoms with E-state index < -0.39 is 52.1 Å². The van der Waals surface area contributed by atoms with Crippen LogP contribution in [0.3, 0.4) is 0 Å². The number of hydrogen-bond donors (Lipinski definition) is 4. The molecule has 4 aliphatic heterocycles. The maximum atomic E-state index is 12.4. The van der Waals surface area contributed by atoms with Crippen LogP contribution in [0.15, 0.2) is 0 Å². The zero-order chi connectivity index (χ0) is 58.5. The molecule has 76 heavy (non-hydrogen) atoms. The van der Waals surface area contributed by atoms with Gasteiger partial charge in [0.15, 0.2) is 0 Å². The normalized spacial score (nSPS) is 20.4. The number of esters is 5. The van der Waals surface area contributed by atoms with Gasteiger partial charge in [0.25, 0.3) is 0 Å². The second kappa shape index (κ2) is 40.4. The molecule has 4 heterocycles. The average Bonchev–Trinajstić information content (AvgIpc) is 3.89. The molecular formula is C48H84Br3N5O20. The van der Waals surface area contributed by atoms with Crippen LogP contribution in [-0.2, 0) is 80.9 Å². The van der Waals surface area contributed by atoms with Crippen LogP contribution >= 0.6 is 47.8 Å². The molecule has 3 unspecified atom stereocenters. The van der Waals surface area contributed by atoms with E-state index in [0.717, 1.165) is 6.54 Å². The van der Waals surface area contributed by atoms with E-state index in [0.29, 0.717) is 81.3 Å². The molecule has 0 aliphatic carbocycles. The number of nitrogens with zero attached hydrogens (tertiary/aromatic N) is 2. The number of ether oxygens (including phenoxy) is 10. The summed E-state index contributed by atoms with van der Waals surface area (Å²) in [4.78, 5) is 106. The first-order valence-corrected chi connectivity index (χ1v) is 27.6. The first-order valence-electron chi connectivity index (χ1n) is 24.3. The van der Waals surface area contributed by atoms with Crippen LogP contribution in [0, 0.1) is 22.7 Å². The predicted molar refractivity (Wildman–Crippen MR) is 287 cm³/mol. The fourth-order valence-electron chi connectivity index (χ4n) is 6.46. The van der Waals surface area contributed by atoms with Gasteiger partial charge in [-0.15, -0.1) is 0 Å². The lowest BCUT2D eigenvalue weighted by Crippen LogP contribution is -2.54. The van der Waals surface area contributed by atoms with E-state index in [2.05, 4.69) is 77.4 Å². The number of nitrogens with one attached hydrogen (secondary N) is 2. The van der Waals surface area contributed by atoms with Gasteiger partial charge in [-0.25, -0.2) is 9.59 Å². The lowest BCUT2D eigenvalue weighted by molar-refractivity contribution is -0.158. The maximum absolute atomic E-state index is 12.4. The highest BCUT2D eigenvalue weighted by Gasteiger charge is 2.46. The molecule has 0 bridgehead atoms. The summed E-state index contributed by atoms with van der Waals surface area (Å²) >= 11 is 9.46. The van der Waals surface area contributed by atoms with Crippen molar-refractivity contribution in [1.29, 1.82) is 0 Å². The topological polar surface area (TPSA) is 323 Å². The van der Waals surface area contributed by atoms with Crippen molar-refractivity contribution >= 4 is 102 Å². The van der Waals surface area contributed by atoms with E-state index >= 15 is 0 Å². The molecule has 0 aromatic rings. The molecule has 1 spiro atoms. The fourth-order valence-corrected chi connectivity index (χ4v) is 8.39. The van der Waals surface area contributed by atoms with Crippen molar-refractivity contribution in [2.24, 2.45) is 28.4 Å². The number of alkyl halides is 3. The molecular weight excluding hydrogens is 1210 g/mol. The molecule has 28 heteroatoms. The summed E-state index contributed by atoms with van der Waals surface area (Å²) in [6.45, 7) is 15.6. The fraction of sp³-hybridized carbons (Fsp3) is 0.812. The summed E-state index contributed by atoms with van der Waals surface area (Å²) in [5, 5.41) is 15.2. The third kappa shape index (κ3) is 31.6. The maximum Gasteiger partial charge on any atom is 0.410 e. The van der Waals surface area contributed by atoms with Crippen LogP contribution in [0.4, 0.5) is 9.59 Å². The van der Waals surface area contributed by atoms with Crippen molar-refractivity contribution in [3.05, 3.63) is 0 Å². The number of nitrogens with two attached hydrogens (primary N) is 1. The Morgan fingerprint density at radius 3 is 1.76 bits per heavy atom. The van der Waals surface area contributed by atoms with Gasteiger partial charge in [-0.1, -0.05) is 47.8 Å². The highest BCUT2D eigenvalue weighted by atomic mass is 79.9. The first kappa shape index (κ1) is 74.3. The van der Waals surface area contributed by atoms with Crippen LogP contribution in [0.1, 0.15) is 73.6 Å². The van der Waals surface area contributed by atoms with Gasteiger partial charge >= 0.3 is 42.0 Å². The van der Waals surface area contributed by atoms with Crippen LogP contribution < -0.4 is 16.4 Å². The molecule has 0 saturated carbocycles. The van der Waals surface area contributed by atoms with Crippen LogP contribution in [0.25, 0.3) is 0 Å². The van der Waals surface area contributed by atoms with Crippen LogP contribution in [0.5, 0.6) is 0 Å². The van der Waals surface area contributed by atoms with Gasteiger partial charge in [0.1, 0.15) is 16.6 Å². The number of halogens is 3. The summed E-state index contributed by atoms with van der Waals surface area (Å²) in [5.41, 5.74) is 1.93. The van der Waals surface area contributed by atoms with E-state index in [9.17, 15) is 43.2 Å². The Morgan fingerprint density at radius 1 is 0.763 bits per heavy atom. The molecule has 4 aliphatic rings. The number of carbonyl (C=O) groups excluding carboxylic acids is 9. The van der Waals surface area contributed by atoms with Gasteiger partial charge in [-0.2, -0.15) is 0 Å². The largest absolute Gasteiger partial charge is 0.469 e. The van der Waals surface area contributed by atoms with Crippen molar-refractivity contribution in [3.63, 3.8) is 0 Å². The van der Waals surface area contributed by atoms with Gasteiger partial charge in [-0.3, -0.25) is 38.9 Å². The van der Waals surface area contributed by atoms with Gasteiger partial charge in [-0.05, 0) is 54.4 Å². The van der Waals surface area contributed by atoms with Gasteiger partial charge < -0.3 is 73.3 Å². The Balaban J connectivity index is 0. The van der Waals surface area contributed by atoms with Crippen LogP contribution in [-0.4, -0.2) is 224 Å². The second-order valence-corrected chi connectivity index (χ2v) is 21.1. The van der Waals surface area contributed by atoms with Gasteiger partial charge in [0.05, 0.1) is 105 Å². The second-order valence-electron chi connectivity index (χ2n) is 19.0. The summed E-state index contributed by atoms with van der Waals surface area (Å²) in [5.74, 6) is -2.56. The zero-order valence-electron chi connectivity index (χ0n) is 46.0. The molecule has 5 N–H and O–H groups in total. The number of aliphatic hydroxyl groups is 1. The minimum Gasteiger partial charge on any atom is -0.469 e. The summed E-state index contributed by atoms with van der Waals surface area (Å²) in [6.07, 6.45) is 0.682. The summed E-state index contributed by atoms with van der Waals surface area (Å²) < 4.78 is 49.8. The summed E-state index contributed by atoms with van der Waals surface area (Å²) in [6, 6.07) is 0. The highest BCUT2D eigenvalue weighted by molar-refractivity contribution is 9.10. The molecule has 0 aromatic carbocycles. The monoisotopic (exact) mass is 1290 g/mol. The minimum atomic E-state index is -1.13. The van der Waals surface area contributed by atoms with Crippen LogP contribution in [0.2, 0.25) is 0 Å². The molecule has 0 radical (unpaired) electrons. The van der Waals surface area contributed by atoms with Crippen molar-refractivity contribution < 1.29 is 95.6 Å².